The van der Waals surface area contributed by atoms with Crippen molar-refractivity contribution in [3.63, 3.8) is 0 Å². The Hall–Kier alpha value is -3.33. The summed E-state index contributed by atoms with van der Waals surface area (Å²) in [5.41, 5.74) is 2.02. The molecule has 1 aliphatic heterocycles. The molecule has 1 aromatic carbocycles. The Balaban J connectivity index is 1.48. The zero-order chi connectivity index (χ0) is 21.5. The van der Waals surface area contributed by atoms with Crippen molar-refractivity contribution >= 4 is 11.5 Å². The molecule has 9 heteroatoms. The summed E-state index contributed by atoms with van der Waals surface area (Å²) in [6.07, 6.45) is 3.96. The topological polar surface area (TPSA) is 84.4 Å². The number of anilines is 1. The number of rotatable bonds is 5. The molecule has 3 aromatic heterocycles. The third-order valence-electron chi connectivity index (χ3n) is 5.94. The van der Waals surface area contributed by atoms with Gasteiger partial charge in [-0.15, -0.1) is 15.3 Å². The van der Waals surface area contributed by atoms with Crippen LogP contribution in [0.5, 0.6) is 0 Å². The lowest BCUT2D eigenvalue weighted by atomic mass is 9.92. The van der Waals surface area contributed by atoms with Crippen molar-refractivity contribution in [1.29, 1.82) is 0 Å². The highest BCUT2D eigenvalue weighted by Gasteiger charge is 2.35. The molecule has 0 radical (unpaired) electrons. The number of hydrogen-bond acceptors (Lipinski definition) is 6. The molecule has 0 saturated carbocycles. The van der Waals surface area contributed by atoms with Gasteiger partial charge in [0.05, 0.1) is 11.8 Å². The van der Waals surface area contributed by atoms with Crippen LogP contribution in [0.4, 0.5) is 10.2 Å². The number of aliphatic hydroxyl groups is 1. The van der Waals surface area contributed by atoms with E-state index in [-0.39, 0.29) is 30.3 Å². The molecule has 160 valence electrons. The average molecular weight is 421 g/mol. The lowest BCUT2D eigenvalue weighted by Crippen LogP contribution is -2.22. The van der Waals surface area contributed by atoms with Gasteiger partial charge in [-0.2, -0.15) is 9.61 Å². The molecule has 0 amide bonds. The van der Waals surface area contributed by atoms with Crippen molar-refractivity contribution in [2.45, 2.75) is 25.8 Å². The number of nitrogens with zero attached hydrogens (tertiary/aromatic N) is 7. The molecule has 0 unspecified atom stereocenters. The molecule has 0 aliphatic carbocycles. The molecule has 4 aromatic rings. The van der Waals surface area contributed by atoms with Crippen LogP contribution in [-0.4, -0.2) is 54.4 Å². The first-order valence-electron chi connectivity index (χ1n) is 10.4. The van der Waals surface area contributed by atoms with Crippen molar-refractivity contribution in [2.24, 2.45) is 5.92 Å². The molecule has 1 saturated heterocycles. The van der Waals surface area contributed by atoms with Crippen molar-refractivity contribution < 1.29 is 9.50 Å². The van der Waals surface area contributed by atoms with E-state index < -0.39 is 0 Å². The van der Waals surface area contributed by atoms with Crippen LogP contribution in [0.2, 0.25) is 0 Å². The highest BCUT2D eigenvalue weighted by molar-refractivity contribution is 5.60. The van der Waals surface area contributed by atoms with Gasteiger partial charge in [0.25, 0.3) is 0 Å². The fourth-order valence-electron chi connectivity index (χ4n) is 4.21. The zero-order valence-electron chi connectivity index (χ0n) is 17.4. The van der Waals surface area contributed by atoms with E-state index in [1.807, 2.05) is 23.0 Å². The third-order valence-corrected chi connectivity index (χ3v) is 5.94. The second-order valence-electron chi connectivity index (χ2n) is 8.27. The van der Waals surface area contributed by atoms with Crippen LogP contribution in [0, 0.1) is 11.7 Å². The Bertz CT molecular complexity index is 1220. The number of aliphatic hydroxyl groups excluding tert-OH is 1. The molecule has 2 atom stereocenters. The van der Waals surface area contributed by atoms with Crippen molar-refractivity contribution in [2.75, 3.05) is 24.6 Å². The summed E-state index contributed by atoms with van der Waals surface area (Å²) in [5, 5.41) is 27.5. The monoisotopic (exact) mass is 421 g/mol. The maximum atomic E-state index is 14.3. The minimum absolute atomic E-state index is 0.0780. The first-order chi connectivity index (χ1) is 15.0. The Kier molecular flexibility index (Phi) is 4.90. The molecule has 1 N–H and O–H groups in total. The minimum Gasteiger partial charge on any atom is -0.396 e. The van der Waals surface area contributed by atoms with Crippen LogP contribution in [0.1, 0.15) is 31.4 Å². The van der Waals surface area contributed by atoms with E-state index >= 15 is 0 Å². The molecular formula is C22H24FN7O. The van der Waals surface area contributed by atoms with E-state index in [2.05, 4.69) is 40.2 Å². The number of hydrogen-bond donors (Lipinski definition) is 1. The van der Waals surface area contributed by atoms with Gasteiger partial charge >= 0.3 is 0 Å². The van der Waals surface area contributed by atoms with Gasteiger partial charge in [0.15, 0.2) is 11.5 Å². The first-order valence-corrected chi connectivity index (χ1v) is 10.4. The standard InChI is InChI=1S/C22H24FN7O/c1-14(2)29-11-15(9-24-29)18-12-28(10-16(18)13-31)21-8-7-20-25-26-22(30(20)27-21)17-5-3-4-6-19(17)23/h3-9,11,14,16,18,31H,10,12-13H2,1-2H3/t16-,18-/m0/s1. The molecule has 31 heavy (non-hydrogen) atoms. The number of halogens is 1. The molecule has 4 heterocycles. The molecule has 1 fully saturated rings. The largest absolute Gasteiger partial charge is 0.396 e. The molecule has 1 aliphatic rings. The van der Waals surface area contributed by atoms with Gasteiger partial charge in [-0.05, 0) is 43.7 Å². The highest BCUT2D eigenvalue weighted by atomic mass is 19.1. The molecule has 5 rings (SSSR count). The van der Waals surface area contributed by atoms with E-state index in [0.717, 1.165) is 11.4 Å². The number of aromatic nitrogens is 6. The number of fused-ring (bicyclic) bond motifs is 1. The van der Waals surface area contributed by atoms with E-state index in [1.54, 1.807) is 22.7 Å². The fraction of sp³-hybridized carbons (Fsp3) is 0.364. The number of benzene rings is 1. The van der Waals surface area contributed by atoms with E-state index in [4.69, 9.17) is 5.10 Å². The lowest BCUT2D eigenvalue weighted by Gasteiger charge is -2.17. The van der Waals surface area contributed by atoms with E-state index in [0.29, 0.717) is 30.1 Å². The zero-order valence-corrected chi connectivity index (χ0v) is 17.4. The summed E-state index contributed by atoms with van der Waals surface area (Å²) in [6.45, 7) is 5.65. The van der Waals surface area contributed by atoms with Crippen molar-refractivity contribution in [1.82, 2.24) is 29.6 Å². The Labute approximate surface area is 179 Å². The molecular weight excluding hydrogens is 397 g/mol. The van der Waals surface area contributed by atoms with Gasteiger partial charge < -0.3 is 10.0 Å². The van der Waals surface area contributed by atoms with Gasteiger partial charge in [0.1, 0.15) is 11.6 Å². The van der Waals surface area contributed by atoms with Gasteiger partial charge in [0.2, 0.25) is 0 Å². The highest BCUT2D eigenvalue weighted by Crippen LogP contribution is 2.35. The summed E-state index contributed by atoms with van der Waals surface area (Å²) in [7, 11) is 0. The van der Waals surface area contributed by atoms with Crippen LogP contribution in [-0.2, 0) is 0 Å². The first kappa shape index (κ1) is 19.6. The molecule has 0 spiro atoms. The normalized spacial score (nSPS) is 19.1. The molecule has 8 nitrogen and oxygen atoms in total. The van der Waals surface area contributed by atoms with Crippen LogP contribution in [0.3, 0.4) is 0 Å². The lowest BCUT2D eigenvalue weighted by molar-refractivity contribution is 0.227. The van der Waals surface area contributed by atoms with Crippen molar-refractivity contribution in [3.05, 3.63) is 60.2 Å². The second-order valence-corrected chi connectivity index (χ2v) is 8.27. The fourth-order valence-corrected chi connectivity index (χ4v) is 4.21. The SMILES string of the molecule is CC(C)n1cc([C@@H]2CN(c3ccc4nnc(-c5ccccc5F)n4n3)C[C@H]2CO)cn1. The predicted octanol–water partition coefficient (Wildman–Crippen LogP) is 2.92. The maximum Gasteiger partial charge on any atom is 0.188 e. The molecule has 0 bridgehead atoms. The Morgan fingerprint density at radius 1 is 1.13 bits per heavy atom. The van der Waals surface area contributed by atoms with Crippen LogP contribution < -0.4 is 4.90 Å². The predicted molar refractivity (Wildman–Crippen MR) is 114 cm³/mol. The summed E-state index contributed by atoms with van der Waals surface area (Å²) >= 11 is 0. The maximum absolute atomic E-state index is 14.3. The summed E-state index contributed by atoms with van der Waals surface area (Å²) in [4.78, 5) is 2.14. The third kappa shape index (κ3) is 3.44. The van der Waals surface area contributed by atoms with Gasteiger partial charge in [-0.3, -0.25) is 4.68 Å². The summed E-state index contributed by atoms with van der Waals surface area (Å²) in [6, 6.07) is 10.5. The van der Waals surface area contributed by atoms with Crippen LogP contribution in [0.25, 0.3) is 17.0 Å². The van der Waals surface area contributed by atoms with Crippen LogP contribution >= 0.6 is 0 Å². The quantitative estimate of drug-likeness (QED) is 0.533. The van der Waals surface area contributed by atoms with E-state index in [1.165, 1.54) is 6.07 Å². The summed E-state index contributed by atoms with van der Waals surface area (Å²) < 4.78 is 17.8. The Morgan fingerprint density at radius 2 is 1.97 bits per heavy atom. The smallest absolute Gasteiger partial charge is 0.188 e. The van der Waals surface area contributed by atoms with Crippen LogP contribution in [0.15, 0.2) is 48.8 Å². The summed E-state index contributed by atoms with van der Waals surface area (Å²) in [5.74, 6) is 0.966. The van der Waals surface area contributed by atoms with Crippen molar-refractivity contribution in [3.8, 4) is 11.4 Å². The van der Waals surface area contributed by atoms with Gasteiger partial charge in [0, 0.05) is 43.8 Å². The van der Waals surface area contributed by atoms with Gasteiger partial charge in [-0.1, -0.05) is 12.1 Å². The van der Waals surface area contributed by atoms with Gasteiger partial charge in [-0.25, -0.2) is 4.39 Å². The minimum atomic E-state index is -0.368. The Morgan fingerprint density at radius 3 is 2.71 bits per heavy atom. The second kappa shape index (κ2) is 7.73. The van der Waals surface area contributed by atoms with E-state index in [9.17, 15) is 9.50 Å². The average Bonchev–Trinajstić information content (AvgIpc) is 3.51.